The van der Waals surface area contributed by atoms with Crippen LogP contribution in [0.15, 0.2) is 18.2 Å². The van der Waals surface area contributed by atoms with Crippen LogP contribution in [0.5, 0.6) is 5.75 Å². The summed E-state index contributed by atoms with van der Waals surface area (Å²) in [6.45, 7) is 2.21. The van der Waals surface area contributed by atoms with Gasteiger partial charge in [-0.2, -0.15) is 5.26 Å². The standard InChI is InChI=1S/C14H16ClNO2/c1-10(17)12-8-11(15)2-3-13(12)18-9-14(4-5-14)6-7-16/h2-3,8,10,17H,4-6,9H2,1H3. The number of nitriles is 1. The lowest BCUT2D eigenvalue weighted by atomic mass is 10.1. The zero-order valence-corrected chi connectivity index (χ0v) is 11.1. The monoisotopic (exact) mass is 265 g/mol. The number of ether oxygens (including phenoxy) is 1. The van der Waals surface area contributed by atoms with Gasteiger partial charge < -0.3 is 9.84 Å². The third-order valence-electron chi connectivity index (χ3n) is 3.37. The van der Waals surface area contributed by atoms with Gasteiger partial charge in [-0.3, -0.25) is 0 Å². The van der Waals surface area contributed by atoms with E-state index in [0.717, 1.165) is 12.8 Å². The van der Waals surface area contributed by atoms with Gasteiger partial charge in [-0.05, 0) is 38.0 Å². The van der Waals surface area contributed by atoms with Gasteiger partial charge in [-0.1, -0.05) is 11.6 Å². The van der Waals surface area contributed by atoms with E-state index in [-0.39, 0.29) is 5.41 Å². The van der Waals surface area contributed by atoms with Crippen molar-refractivity contribution in [1.82, 2.24) is 0 Å². The largest absolute Gasteiger partial charge is 0.493 e. The smallest absolute Gasteiger partial charge is 0.125 e. The maximum atomic E-state index is 9.69. The highest BCUT2D eigenvalue weighted by Crippen LogP contribution is 2.49. The van der Waals surface area contributed by atoms with Gasteiger partial charge in [0.15, 0.2) is 0 Å². The third-order valence-corrected chi connectivity index (χ3v) is 3.60. The molecule has 2 rings (SSSR count). The minimum Gasteiger partial charge on any atom is -0.493 e. The van der Waals surface area contributed by atoms with Gasteiger partial charge in [0, 0.05) is 22.4 Å². The van der Waals surface area contributed by atoms with E-state index in [2.05, 4.69) is 6.07 Å². The molecule has 1 atom stereocenters. The van der Waals surface area contributed by atoms with Gasteiger partial charge in [-0.15, -0.1) is 0 Å². The van der Waals surface area contributed by atoms with Gasteiger partial charge in [0.25, 0.3) is 0 Å². The van der Waals surface area contributed by atoms with Crippen LogP contribution in [0.1, 0.15) is 37.9 Å². The van der Waals surface area contributed by atoms with Crippen LogP contribution in [-0.2, 0) is 0 Å². The van der Waals surface area contributed by atoms with Crippen molar-refractivity contribution < 1.29 is 9.84 Å². The van der Waals surface area contributed by atoms with E-state index in [4.69, 9.17) is 21.6 Å². The highest BCUT2D eigenvalue weighted by molar-refractivity contribution is 6.30. The molecule has 96 valence electrons. The van der Waals surface area contributed by atoms with Gasteiger partial charge in [-0.25, -0.2) is 0 Å². The Morgan fingerprint density at radius 1 is 1.56 bits per heavy atom. The Hall–Kier alpha value is -1.24. The SMILES string of the molecule is CC(O)c1cc(Cl)ccc1OCC1(CC#N)CC1. The molecule has 1 aromatic carbocycles. The van der Waals surface area contributed by atoms with Gasteiger partial charge in [0.05, 0.1) is 18.8 Å². The topological polar surface area (TPSA) is 53.2 Å². The van der Waals surface area contributed by atoms with Crippen molar-refractivity contribution in [3.63, 3.8) is 0 Å². The summed E-state index contributed by atoms with van der Waals surface area (Å²) in [7, 11) is 0. The molecule has 18 heavy (non-hydrogen) atoms. The van der Waals surface area contributed by atoms with E-state index in [1.165, 1.54) is 0 Å². The minimum atomic E-state index is -0.621. The van der Waals surface area contributed by atoms with E-state index in [9.17, 15) is 5.11 Å². The van der Waals surface area contributed by atoms with E-state index in [1.54, 1.807) is 25.1 Å². The first kappa shape index (κ1) is 13.2. The molecule has 1 aliphatic rings. The summed E-state index contributed by atoms with van der Waals surface area (Å²) in [6.07, 6.45) is 1.99. The lowest BCUT2D eigenvalue weighted by molar-refractivity contribution is 0.183. The second-order valence-electron chi connectivity index (χ2n) is 4.98. The average Bonchev–Trinajstić information content (AvgIpc) is 3.08. The first-order valence-electron chi connectivity index (χ1n) is 6.04. The number of hydrogen-bond acceptors (Lipinski definition) is 3. The molecule has 0 saturated heterocycles. The van der Waals surface area contributed by atoms with Crippen LogP contribution in [0.2, 0.25) is 5.02 Å². The Bertz CT molecular complexity index is 475. The van der Waals surface area contributed by atoms with E-state index >= 15 is 0 Å². The summed E-state index contributed by atoms with van der Waals surface area (Å²) in [5, 5.41) is 19.0. The summed E-state index contributed by atoms with van der Waals surface area (Å²) in [6, 6.07) is 7.43. The lowest BCUT2D eigenvalue weighted by Crippen LogP contribution is -2.13. The maximum Gasteiger partial charge on any atom is 0.125 e. The number of benzene rings is 1. The van der Waals surface area contributed by atoms with Crippen LogP contribution in [0.3, 0.4) is 0 Å². The predicted octanol–water partition coefficient (Wildman–Crippen LogP) is 3.47. The third kappa shape index (κ3) is 2.95. The molecule has 1 fully saturated rings. The average molecular weight is 266 g/mol. The normalized spacial score (nSPS) is 17.9. The van der Waals surface area contributed by atoms with Crippen molar-refractivity contribution in [3.8, 4) is 11.8 Å². The molecule has 0 amide bonds. The number of rotatable bonds is 5. The predicted molar refractivity (Wildman–Crippen MR) is 69.5 cm³/mol. The van der Waals surface area contributed by atoms with Gasteiger partial charge in [0.1, 0.15) is 5.75 Å². The zero-order valence-electron chi connectivity index (χ0n) is 10.3. The summed E-state index contributed by atoms with van der Waals surface area (Å²) in [5.74, 6) is 0.651. The highest BCUT2D eigenvalue weighted by Gasteiger charge is 2.43. The summed E-state index contributed by atoms with van der Waals surface area (Å²) in [5.41, 5.74) is 0.722. The Balaban J connectivity index is 2.08. The molecule has 1 unspecified atom stereocenters. The fraction of sp³-hybridized carbons (Fsp3) is 0.500. The molecule has 0 heterocycles. The maximum absolute atomic E-state index is 9.69. The molecule has 1 aromatic rings. The Kier molecular flexibility index (Phi) is 3.79. The minimum absolute atomic E-state index is 0.0321. The second-order valence-corrected chi connectivity index (χ2v) is 5.42. The van der Waals surface area contributed by atoms with Gasteiger partial charge in [0.2, 0.25) is 0 Å². The van der Waals surface area contributed by atoms with Crippen molar-refractivity contribution in [1.29, 1.82) is 5.26 Å². The van der Waals surface area contributed by atoms with Crippen molar-refractivity contribution >= 4 is 11.6 Å². The van der Waals surface area contributed by atoms with Crippen molar-refractivity contribution in [2.24, 2.45) is 5.41 Å². The molecule has 1 aliphatic carbocycles. The van der Waals surface area contributed by atoms with Crippen molar-refractivity contribution in [3.05, 3.63) is 28.8 Å². The first-order chi connectivity index (χ1) is 8.56. The highest BCUT2D eigenvalue weighted by atomic mass is 35.5. The zero-order chi connectivity index (χ0) is 13.2. The molecule has 1 N–H and O–H groups in total. The molecule has 1 saturated carbocycles. The van der Waals surface area contributed by atoms with Crippen molar-refractivity contribution in [2.75, 3.05) is 6.61 Å². The number of aliphatic hydroxyl groups is 1. The molecule has 0 aromatic heterocycles. The van der Waals surface area contributed by atoms with E-state index in [1.807, 2.05) is 0 Å². The molecule has 4 heteroatoms. The van der Waals surface area contributed by atoms with Crippen LogP contribution >= 0.6 is 11.6 Å². The molecule has 0 spiro atoms. The van der Waals surface area contributed by atoms with Crippen LogP contribution in [-0.4, -0.2) is 11.7 Å². The Morgan fingerprint density at radius 2 is 2.28 bits per heavy atom. The van der Waals surface area contributed by atoms with Crippen molar-refractivity contribution in [2.45, 2.75) is 32.3 Å². The fourth-order valence-electron chi connectivity index (χ4n) is 1.92. The molecular weight excluding hydrogens is 250 g/mol. The summed E-state index contributed by atoms with van der Waals surface area (Å²) >= 11 is 5.90. The Labute approximate surface area is 112 Å². The van der Waals surface area contributed by atoms with E-state index in [0.29, 0.717) is 29.4 Å². The molecule has 3 nitrogen and oxygen atoms in total. The van der Waals surface area contributed by atoms with Crippen LogP contribution in [0.25, 0.3) is 0 Å². The number of halogens is 1. The van der Waals surface area contributed by atoms with E-state index < -0.39 is 6.10 Å². The first-order valence-corrected chi connectivity index (χ1v) is 6.41. The number of nitrogens with zero attached hydrogens (tertiary/aromatic N) is 1. The van der Waals surface area contributed by atoms with Crippen LogP contribution in [0.4, 0.5) is 0 Å². The molecule has 0 bridgehead atoms. The number of hydrogen-bond donors (Lipinski definition) is 1. The second kappa shape index (κ2) is 5.17. The molecule has 0 radical (unpaired) electrons. The quantitative estimate of drug-likeness (QED) is 0.887. The fourth-order valence-corrected chi connectivity index (χ4v) is 2.11. The van der Waals surface area contributed by atoms with Gasteiger partial charge >= 0.3 is 0 Å². The lowest BCUT2D eigenvalue weighted by Gasteiger charge is -2.17. The Morgan fingerprint density at radius 3 is 2.83 bits per heavy atom. The van der Waals surface area contributed by atoms with Crippen LogP contribution in [0, 0.1) is 16.7 Å². The molecular formula is C14H16ClNO2. The summed E-state index contributed by atoms with van der Waals surface area (Å²) in [4.78, 5) is 0. The summed E-state index contributed by atoms with van der Waals surface area (Å²) < 4.78 is 5.76. The number of aliphatic hydroxyl groups excluding tert-OH is 1. The van der Waals surface area contributed by atoms with Crippen LogP contribution < -0.4 is 4.74 Å². The molecule has 0 aliphatic heterocycles.